The average Bonchev–Trinajstić information content (AvgIpc) is 3.56. The fraction of sp³-hybridized carbons (Fsp3) is 0.179. The molecule has 0 atom stereocenters. The molecule has 0 saturated heterocycles. The van der Waals surface area contributed by atoms with Crippen LogP contribution in [0.2, 0.25) is 0 Å². The largest absolute Gasteiger partial charge is 0.314 e. The van der Waals surface area contributed by atoms with E-state index in [0.717, 1.165) is 37.8 Å². The number of hydrogen-bond donors (Lipinski definition) is 1. The molecule has 1 aliphatic carbocycles. The van der Waals surface area contributed by atoms with E-state index in [1.807, 2.05) is 19.1 Å². The second-order valence-corrected chi connectivity index (χ2v) is 10.3. The fourth-order valence-corrected chi connectivity index (χ4v) is 5.17. The molecular weight excluding hydrogens is 512 g/mol. The van der Waals surface area contributed by atoms with E-state index < -0.39 is 0 Å². The monoisotopic (exact) mass is 554 g/mol. The quantitative estimate of drug-likeness (QED) is 0.211. The highest BCUT2D eigenvalue weighted by Gasteiger charge is 2.19. The molecule has 3 aromatic rings. The molecular formula is C39H42N2O. The maximum atomic E-state index is 4.56. The highest BCUT2D eigenvalue weighted by Crippen LogP contribution is 2.33. The first-order valence-corrected chi connectivity index (χ1v) is 14.7. The third-order valence-electron chi connectivity index (χ3n) is 7.37. The van der Waals surface area contributed by atoms with Crippen LogP contribution in [-0.2, 0) is 17.7 Å². The number of anilines is 1. The fourth-order valence-electron chi connectivity index (χ4n) is 5.17. The van der Waals surface area contributed by atoms with Crippen molar-refractivity contribution in [1.82, 2.24) is 0 Å². The van der Waals surface area contributed by atoms with E-state index >= 15 is 0 Å². The Kier molecular flexibility index (Phi) is 11.7. The van der Waals surface area contributed by atoms with E-state index in [2.05, 4.69) is 144 Å². The van der Waals surface area contributed by atoms with E-state index in [4.69, 9.17) is 0 Å². The Bertz CT molecular complexity index is 1560. The minimum absolute atomic E-state index is 0.597. The number of rotatable bonds is 9. The van der Waals surface area contributed by atoms with Crippen LogP contribution in [0.4, 0.5) is 5.69 Å². The third kappa shape index (κ3) is 8.53. The molecule has 1 aliphatic heterocycles. The van der Waals surface area contributed by atoms with Gasteiger partial charge in [0, 0.05) is 23.5 Å². The van der Waals surface area contributed by atoms with Gasteiger partial charge < -0.3 is 9.74 Å². The molecule has 0 saturated carbocycles. The second kappa shape index (κ2) is 16.1. The molecule has 0 aromatic heterocycles. The van der Waals surface area contributed by atoms with Gasteiger partial charge in [-0.3, -0.25) is 0 Å². The molecule has 0 bridgehead atoms. The van der Waals surface area contributed by atoms with E-state index in [1.165, 1.54) is 44.4 Å². The minimum Gasteiger partial charge on any atom is -0.314 e. The summed E-state index contributed by atoms with van der Waals surface area (Å²) in [6.07, 6.45) is 26.5. The van der Waals surface area contributed by atoms with Crippen molar-refractivity contribution in [3.63, 3.8) is 0 Å². The molecule has 0 unspecified atom stereocenters. The summed E-state index contributed by atoms with van der Waals surface area (Å²) in [6.45, 7) is 10.8. The topological polar surface area (TPSA) is 38.5 Å². The zero-order valence-corrected chi connectivity index (χ0v) is 24.7. The van der Waals surface area contributed by atoms with Crippen molar-refractivity contribution in [2.75, 3.05) is 11.5 Å². The van der Waals surface area contributed by atoms with Gasteiger partial charge in [-0.15, -0.1) is 0 Å². The summed E-state index contributed by atoms with van der Waals surface area (Å²) in [5, 5.41) is 2.52. The summed E-state index contributed by atoms with van der Waals surface area (Å²) in [6, 6.07) is 24.0. The van der Waals surface area contributed by atoms with Gasteiger partial charge in [0.25, 0.3) is 0 Å². The Morgan fingerprint density at radius 3 is 2.50 bits per heavy atom. The number of benzene rings is 3. The molecule has 3 heteroatoms. The number of fused-ring (bicyclic) bond motifs is 2. The van der Waals surface area contributed by atoms with Gasteiger partial charge in [0.15, 0.2) is 0 Å². The molecule has 0 fully saturated rings. The SMILES string of the molecule is C=C/C=C\C=C(/Cc1ccc2ccccc2c1)N1C(=C)/C=C\C(CCC2=CC=CC2)=C/Cc2ccccc21.CCON. The van der Waals surface area contributed by atoms with Gasteiger partial charge in [0.2, 0.25) is 0 Å². The molecule has 3 nitrogen and oxygen atoms in total. The Hall–Kier alpha value is -4.44. The molecule has 214 valence electrons. The summed E-state index contributed by atoms with van der Waals surface area (Å²) < 4.78 is 0. The first-order valence-electron chi connectivity index (χ1n) is 14.7. The van der Waals surface area contributed by atoms with Crippen molar-refractivity contribution in [1.29, 1.82) is 0 Å². The zero-order valence-electron chi connectivity index (χ0n) is 24.7. The van der Waals surface area contributed by atoms with E-state index in [-0.39, 0.29) is 0 Å². The van der Waals surface area contributed by atoms with Crippen LogP contribution >= 0.6 is 0 Å². The van der Waals surface area contributed by atoms with Gasteiger partial charge in [-0.25, -0.2) is 5.90 Å². The average molecular weight is 555 g/mol. The number of nitrogens with two attached hydrogens (primary N) is 1. The Morgan fingerprint density at radius 1 is 0.952 bits per heavy atom. The van der Waals surface area contributed by atoms with Crippen LogP contribution < -0.4 is 10.8 Å². The van der Waals surface area contributed by atoms with Crippen molar-refractivity contribution in [3.8, 4) is 0 Å². The first kappa shape index (κ1) is 30.5. The molecule has 2 aliphatic rings. The molecule has 0 radical (unpaired) electrons. The summed E-state index contributed by atoms with van der Waals surface area (Å²) >= 11 is 0. The van der Waals surface area contributed by atoms with E-state index in [9.17, 15) is 0 Å². The molecule has 3 aromatic carbocycles. The molecule has 5 rings (SSSR count). The maximum absolute atomic E-state index is 4.56. The maximum Gasteiger partial charge on any atom is 0.0651 e. The summed E-state index contributed by atoms with van der Waals surface area (Å²) in [4.78, 5) is 6.37. The van der Waals surface area contributed by atoms with Gasteiger partial charge >= 0.3 is 0 Å². The van der Waals surface area contributed by atoms with E-state index in [1.54, 1.807) is 0 Å². The van der Waals surface area contributed by atoms with Crippen LogP contribution in [0.1, 0.15) is 37.3 Å². The first-order chi connectivity index (χ1) is 20.6. The smallest absolute Gasteiger partial charge is 0.0651 e. The van der Waals surface area contributed by atoms with Gasteiger partial charge in [0.05, 0.1) is 6.61 Å². The normalized spacial score (nSPS) is 17.0. The lowest BCUT2D eigenvalue weighted by atomic mass is 10.0. The lowest BCUT2D eigenvalue weighted by Crippen LogP contribution is -2.23. The van der Waals surface area contributed by atoms with Gasteiger partial charge in [-0.2, -0.15) is 0 Å². The summed E-state index contributed by atoms with van der Waals surface area (Å²) in [5.74, 6) is 4.53. The number of hydrogen-bond acceptors (Lipinski definition) is 3. The standard InChI is InChI=1S/C37H35N.C2H7NO/c1-3-4-5-17-36(28-32-24-25-33-14-8-9-16-35(33)27-32)38-29(2)19-20-31(22-21-30-12-6-7-13-30)23-26-34-15-10-11-18-37(34)38;1-2-4-3/h3-12,14-20,23-25,27H,1-2,13,21-22,26,28H2;2-3H2,1H3/b5-4-,20-19-,31-23+,36-17+;. The Labute approximate surface area is 251 Å². The van der Waals surface area contributed by atoms with Crippen molar-refractivity contribution < 1.29 is 4.84 Å². The van der Waals surface area contributed by atoms with Crippen molar-refractivity contribution in [3.05, 3.63) is 174 Å². The van der Waals surface area contributed by atoms with Gasteiger partial charge in [0.1, 0.15) is 0 Å². The lowest BCUT2D eigenvalue weighted by molar-refractivity contribution is 0.152. The second-order valence-electron chi connectivity index (χ2n) is 10.3. The summed E-state index contributed by atoms with van der Waals surface area (Å²) in [5.41, 5.74) is 8.76. The van der Waals surface area contributed by atoms with Crippen molar-refractivity contribution in [2.45, 2.75) is 39.0 Å². The minimum atomic E-state index is 0.597. The number of para-hydroxylation sites is 1. The third-order valence-corrected chi connectivity index (χ3v) is 7.37. The van der Waals surface area contributed by atoms with Crippen LogP contribution in [0.3, 0.4) is 0 Å². The summed E-state index contributed by atoms with van der Waals surface area (Å²) in [7, 11) is 0. The van der Waals surface area contributed by atoms with Crippen LogP contribution in [0, 0.1) is 0 Å². The molecule has 1 heterocycles. The van der Waals surface area contributed by atoms with Gasteiger partial charge in [-0.1, -0.05) is 134 Å². The number of allylic oxidation sites excluding steroid dienone is 13. The highest BCUT2D eigenvalue weighted by atomic mass is 16.6. The van der Waals surface area contributed by atoms with E-state index in [0.29, 0.717) is 6.61 Å². The Morgan fingerprint density at radius 2 is 1.74 bits per heavy atom. The molecule has 0 spiro atoms. The Balaban J connectivity index is 0.000000952. The lowest BCUT2D eigenvalue weighted by Gasteiger charge is -2.30. The molecule has 42 heavy (non-hydrogen) atoms. The van der Waals surface area contributed by atoms with Crippen molar-refractivity contribution in [2.24, 2.45) is 5.90 Å². The predicted octanol–water partition coefficient (Wildman–Crippen LogP) is 9.63. The van der Waals surface area contributed by atoms with Crippen LogP contribution in [0.25, 0.3) is 10.8 Å². The highest BCUT2D eigenvalue weighted by molar-refractivity contribution is 5.83. The van der Waals surface area contributed by atoms with Crippen LogP contribution in [-0.4, -0.2) is 6.61 Å². The van der Waals surface area contributed by atoms with Gasteiger partial charge in [-0.05, 0) is 72.7 Å². The van der Waals surface area contributed by atoms with Crippen LogP contribution in [0.15, 0.2) is 163 Å². The molecule has 0 amide bonds. The number of nitrogens with zero attached hydrogens (tertiary/aromatic N) is 1. The zero-order chi connectivity index (χ0) is 29.6. The van der Waals surface area contributed by atoms with Crippen LogP contribution in [0.5, 0.6) is 0 Å². The molecule has 2 N–H and O–H groups in total. The predicted molar refractivity (Wildman–Crippen MR) is 181 cm³/mol. The van der Waals surface area contributed by atoms with Crippen molar-refractivity contribution >= 4 is 16.5 Å².